The number of hydrogen-bond donors (Lipinski definition) is 0. The number of benzene rings is 1. The van der Waals surface area contributed by atoms with Crippen molar-refractivity contribution >= 4 is 5.69 Å². The van der Waals surface area contributed by atoms with E-state index in [0.29, 0.717) is 5.54 Å². The van der Waals surface area contributed by atoms with E-state index in [1.807, 2.05) is 0 Å². The van der Waals surface area contributed by atoms with Crippen LogP contribution in [0.15, 0.2) is 36.4 Å². The normalized spacial score (nSPS) is 43.2. The van der Waals surface area contributed by atoms with Gasteiger partial charge in [0, 0.05) is 12.2 Å². The summed E-state index contributed by atoms with van der Waals surface area (Å²) in [5.41, 5.74) is 3.28. The molecular weight excluding hydrogens is 254 g/mol. The summed E-state index contributed by atoms with van der Waals surface area (Å²) in [6, 6.07) is 9.00. The molecule has 21 heavy (non-hydrogen) atoms. The van der Waals surface area contributed by atoms with Gasteiger partial charge in [-0.3, -0.25) is 0 Å². The van der Waals surface area contributed by atoms with Crippen molar-refractivity contribution in [3.8, 4) is 0 Å². The number of rotatable bonds is 1. The molecule has 0 amide bonds. The summed E-state index contributed by atoms with van der Waals surface area (Å²) in [5, 5.41) is 0. The van der Waals surface area contributed by atoms with Crippen LogP contribution in [0.2, 0.25) is 0 Å². The molecule has 1 spiro atoms. The van der Waals surface area contributed by atoms with E-state index < -0.39 is 0 Å². The van der Waals surface area contributed by atoms with Crippen LogP contribution in [0.1, 0.15) is 37.7 Å². The van der Waals surface area contributed by atoms with Crippen molar-refractivity contribution in [2.45, 2.75) is 44.6 Å². The zero-order valence-corrected chi connectivity index (χ0v) is 13.0. The molecule has 0 unspecified atom stereocenters. The third-order valence-electron chi connectivity index (χ3n) is 6.99. The second kappa shape index (κ2) is 4.15. The van der Waals surface area contributed by atoms with Crippen molar-refractivity contribution in [2.75, 3.05) is 11.4 Å². The molecule has 0 atom stereocenters. The highest BCUT2D eigenvalue weighted by atomic mass is 15.2. The van der Waals surface area contributed by atoms with Crippen molar-refractivity contribution < 1.29 is 0 Å². The molecule has 0 saturated heterocycles. The average molecular weight is 279 g/mol. The van der Waals surface area contributed by atoms with Crippen molar-refractivity contribution in [3.05, 3.63) is 42.0 Å². The van der Waals surface area contributed by atoms with Gasteiger partial charge in [-0.2, -0.15) is 0 Å². The maximum absolute atomic E-state index is 2.77. The van der Waals surface area contributed by atoms with Crippen LogP contribution in [0.3, 0.4) is 0 Å². The van der Waals surface area contributed by atoms with Crippen LogP contribution in [0.4, 0.5) is 5.69 Å². The Balaban J connectivity index is 1.61. The summed E-state index contributed by atoms with van der Waals surface area (Å²) in [6.07, 6.45) is 12.6. The molecule has 1 aromatic carbocycles. The van der Waals surface area contributed by atoms with Gasteiger partial charge >= 0.3 is 0 Å². The highest BCUT2D eigenvalue weighted by Crippen LogP contribution is 2.62. The topological polar surface area (TPSA) is 3.24 Å². The Morgan fingerprint density at radius 2 is 1.62 bits per heavy atom. The van der Waals surface area contributed by atoms with Crippen LogP contribution < -0.4 is 4.90 Å². The molecular formula is C20H25N. The predicted octanol–water partition coefficient (Wildman–Crippen LogP) is 4.57. The molecule has 4 aliphatic carbocycles. The molecule has 110 valence electrons. The molecule has 0 N–H and O–H groups in total. The molecule has 5 aliphatic rings. The number of hydrogen-bond acceptors (Lipinski definition) is 1. The fourth-order valence-corrected chi connectivity index (χ4v) is 6.42. The van der Waals surface area contributed by atoms with Crippen molar-refractivity contribution in [3.63, 3.8) is 0 Å². The number of para-hydroxylation sites is 1. The van der Waals surface area contributed by atoms with Crippen LogP contribution in [0.25, 0.3) is 0 Å². The molecule has 1 nitrogen and oxygen atoms in total. The first-order chi connectivity index (χ1) is 10.3. The van der Waals surface area contributed by atoms with Crippen LogP contribution in [0.5, 0.6) is 0 Å². The summed E-state index contributed by atoms with van der Waals surface area (Å²) in [6.45, 7) is 3.39. The largest absolute Gasteiger partial charge is 0.358 e. The first-order valence-electron chi connectivity index (χ1n) is 8.78. The summed E-state index contributed by atoms with van der Waals surface area (Å²) in [5.74, 6) is 3.91. The minimum atomic E-state index is 0.361. The highest BCUT2D eigenvalue weighted by molar-refractivity contribution is 5.60. The molecule has 4 fully saturated rings. The van der Waals surface area contributed by atoms with Gasteiger partial charge in [-0.1, -0.05) is 30.4 Å². The van der Waals surface area contributed by atoms with Gasteiger partial charge in [0.2, 0.25) is 0 Å². The Bertz CT molecular complexity index is 572. The van der Waals surface area contributed by atoms with Gasteiger partial charge in [-0.05, 0) is 74.3 Å². The van der Waals surface area contributed by atoms with E-state index in [9.17, 15) is 0 Å². The van der Waals surface area contributed by atoms with Gasteiger partial charge in [0.05, 0.1) is 5.54 Å². The molecule has 0 aromatic heterocycles. The zero-order chi connectivity index (χ0) is 14.0. The predicted molar refractivity (Wildman–Crippen MR) is 87.4 cm³/mol. The number of aryl methyl sites for hydroxylation is 1. The second-order valence-corrected chi connectivity index (χ2v) is 7.99. The summed E-state index contributed by atoms with van der Waals surface area (Å²) >= 11 is 0. The zero-order valence-electron chi connectivity index (χ0n) is 13.0. The van der Waals surface area contributed by atoms with Crippen LogP contribution in [-0.4, -0.2) is 12.1 Å². The van der Waals surface area contributed by atoms with E-state index in [-0.39, 0.29) is 0 Å². The van der Waals surface area contributed by atoms with Gasteiger partial charge < -0.3 is 4.90 Å². The molecule has 1 heteroatoms. The minimum absolute atomic E-state index is 0.361. The monoisotopic (exact) mass is 279 g/mol. The SMILES string of the molecule is Cc1ccccc1N1CC=CC12C1CC3CC(C1)CC2C3. The van der Waals surface area contributed by atoms with E-state index in [1.165, 1.54) is 43.4 Å². The molecule has 4 bridgehead atoms. The Hall–Kier alpha value is -1.24. The lowest BCUT2D eigenvalue weighted by Crippen LogP contribution is -2.63. The summed E-state index contributed by atoms with van der Waals surface area (Å²) < 4.78 is 0. The van der Waals surface area contributed by atoms with Gasteiger partial charge in [-0.15, -0.1) is 0 Å². The van der Waals surface area contributed by atoms with Gasteiger partial charge in [-0.25, -0.2) is 0 Å². The second-order valence-electron chi connectivity index (χ2n) is 7.99. The van der Waals surface area contributed by atoms with Crippen LogP contribution >= 0.6 is 0 Å². The molecule has 0 radical (unpaired) electrons. The Kier molecular flexibility index (Phi) is 2.43. The summed E-state index contributed by atoms with van der Waals surface area (Å²) in [7, 11) is 0. The van der Waals surface area contributed by atoms with E-state index in [2.05, 4.69) is 48.2 Å². The molecule has 1 aliphatic heterocycles. The molecule has 1 heterocycles. The Labute approximate surface area is 128 Å². The Morgan fingerprint density at radius 3 is 2.29 bits per heavy atom. The standard InChI is InChI=1S/C20H25N/c1-14-5-2-3-6-19(14)21-8-4-7-20(21)17-10-15-9-16(12-17)13-18(20)11-15/h2-7,15-18H,8-13H2,1H3. The van der Waals surface area contributed by atoms with E-state index in [0.717, 1.165) is 30.2 Å². The number of nitrogens with zero attached hydrogens (tertiary/aromatic N) is 1. The van der Waals surface area contributed by atoms with E-state index in [1.54, 1.807) is 0 Å². The quantitative estimate of drug-likeness (QED) is 0.681. The van der Waals surface area contributed by atoms with Crippen molar-refractivity contribution in [1.82, 2.24) is 0 Å². The molecule has 4 saturated carbocycles. The van der Waals surface area contributed by atoms with Crippen LogP contribution in [-0.2, 0) is 0 Å². The maximum Gasteiger partial charge on any atom is 0.0645 e. The average Bonchev–Trinajstić information content (AvgIpc) is 2.90. The smallest absolute Gasteiger partial charge is 0.0645 e. The number of anilines is 1. The minimum Gasteiger partial charge on any atom is -0.358 e. The maximum atomic E-state index is 2.77. The fraction of sp³-hybridized carbons (Fsp3) is 0.600. The van der Waals surface area contributed by atoms with Gasteiger partial charge in [0.25, 0.3) is 0 Å². The first-order valence-corrected chi connectivity index (χ1v) is 8.78. The van der Waals surface area contributed by atoms with Crippen molar-refractivity contribution in [1.29, 1.82) is 0 Å². The lowest BCUT2D eigenvalue weighted by atomic mass is 9.48. The third kappa shape index (κ3) is 1.53. The van der Waals surface area contributed by atoms with Gasteiger partial charge in [0.1, 0.15) is 0 Å². The lowest BCUT2D eigenvalue weighted by Gasteiger charge is -2.63. The fourth-order valence-electron chi connectivity index (χ4n) is 6.42. The van der Waals surface area contributed by atoms with Crippen LogP contribution in [0, 0.1) is 30.6 Å². The van der Waals surface area contributed by atoms with E-state index in [4.69, 9.17) is 0 Å². The van der Waals surface area contributed by atoms with Crippen molar-refractivity contribution in [2.24, 2.45) is 23.7 Å². The van der Waals surface area contributed by atoms with Gasteiger partial charge in [0.15, 0.2) is 0 Å². The summed E-state index contributed by atoms with van der Waals surface area (Å²) in [4.78, 5) is 2.77. The highest BCUT2D eigenvalue weighted by Gasteiger charge is 2.59. The lowest BCUT2D eigenvalue weighted by molar-refractivity contribution is -0.0333. The first kappa shape index (κ1) is 12.3. The molecule has 6 rings (SSSR count). The Morgan fingerprint density at radius 1 is 0.952 bits per heavy atom. The van der Waals surface area contributed by atoms with E-state index >= 15 is 0 Å². The molecule has 1 aromatic rings. The third-order valence-corrected chi connectivity index (χ3v) is 6.99.